The van der Waals surface area contributed by atoms with Crippen LogP contribution >= 0.6 is 0 Å². The van der Waals surface area contributed by atoms with Crippen molar-refractivity contribution in [2.75, 3.05) is 32.8 Å². The van der Waals surface area contributed by atoms with Crippen LogP contribution in [0, 0.1) is 11.3 Å². The number of hydrogen-bond acceptors (Lipinski definition) is 3. The molecule has 0 spiro atoms. The second-order valence-electron chi connectivity index (χ2n) is 7.20. The van der Waals surface area contributed by atoms with Gasteiger partial charge < -0.3 is 14.9 Å². The summed E-state index contributed by atoms with van der Waals surface area (Å²) in [6.45, 7) is 2.93. The highest BCUT2D eigenvalue weighted by molar-refractivity contribution is 5.94. The van der Waals surface area contributed by atoms with Crippen LogP contribution in [0.5, 0.6) is 0 Å². The second kappa shape index (κ2) is 6.57. The van der Waals surface area contributed by atoms with E-state index in [4.69, 9.17) is 0 Å². The molecule has 1 aromatic carbocycles. The van der Waals surface area contributed by atoms with Crippen LogP contribution in [-0.4, -0.2) is 59.5 Å². The number of likely N-dealkylation sites (tertiary alicyclic amines) is 2. The topological polar surface area (TPSA) is 60.9 Å². The largest absolute Gasteiger partial charge is 0.416 e. The maximum atomic E-state index is 12.9. The van der Waals surface area contributed by atoms with Crippen molar-refractivity contribution >= 4 is 11.8 Å². The second-order valence-corrected chi connectivity index (χ2v) is 7.20. The van der Waals surface area contributed by atoms with Gasteiger partial charge in [-0.25, -0.2) is 0 Å². The summed E-state index contributed by atoms with van der Waals surface area (Å²) in [5, 5.41) is 9.91. The molecule has 0 radical (unpaired) electrons. The normalized spacial score (nSPS) is 26.0. The molecule has 142 valence electrons. The van der Waals surface area contributed by atoms with Crippen molar-refractivity contribution in [3.05, 3.63) is 35.4 Å². The monoisotopic (exact) mass is 370 g/mol. The van der Waals surface area contributed by atoms with Gasteiger partial charge in [0, 0.05) is 50.0 Å². The third-order valence-electron chi connectivity index (χ3n) is 5.62. The first-order valence-electron chi connectivity index (χ1n) is 8.49. The van der Waals surface area contributed by atoms with E-state index in [0.717, 1.165) is 12.1 Å². The van der Waals surface area contributed by atoms with Crippen LogP contribution in [0.25, 0.3) is 0 Å². The quantitative estimate of drug-likeness (QED) is 0.866. The Balaban J connectivity index is 1.81. The third kappa shape index (κ3) is 3.30. The lowest BCUT2D eigenvalue weighted by atomic mass is 9.73. The fraction of sp³-hybridized carbons (Fsp3) is 0.556. The molecule has 2 atom stereocenters. The summed E-state index contributed by atoms with van der Waals surface area (Å²) in [5.41, 5.74) is -1.38. The summed E-state index contributed by atoms with van der Waals surface area (Å²) in [7, 11) is 0. The minimum absolute atomic E-state index is 0.0185. The van der Waals surface area contributed by atoms with Crippen LogP contribution in [0.1, 0.15) is 29.3 Å². The van der Waals surface area contributed by atoms with Gasteiger partial charge in [-0.05, 0) is 24.6 Å². The summed E-state index contributed by atoms with van der Waals surface area (Å²) < 4.78 is 38.7. The van der Waals surface area contributed by atoms with E-state index in [2.05, 4.69) is 0 Å². The molecule has 0 saturated carbocycles. The molecule has 2 fully saturated rings. The summed E-state index contributed by atoms with van der Waals surface area (Å²) in [6.07, 6.45) is -3.94. The van der Waals surface area contributed by atoms with E-state index in [9.17, 15) is 27.9 Å². The zero-order valence-corrected chi connectivity index (χ0v) is 14.4. The zero-order valence-electron chi connectivity index (χ0n) is 14.4. The zero-order chi connectivity index (χ0) is 19.1. The standard InChI is InChI=1S/C18H21F3N2O3/c1-12(25)22-6-5-17(11-24)10-23(9-15(17)8-22)16(26)13-3-2-4-14(7-13)18(19,20)21/h2-4,7,15,24H,5-6,8-11H2,1H3/t15-,17+/m0/s1. The molecule has 2 aliphatic heterocycles. The Hall–Kier alpha value is -2.09. The van der Waals surface area contributed by atoms with Gasteiger partial charge in [0.25, 0.3) is 5.91 Å². The Kier molecular flexibility index (Phi) is 4.72. The molecule has 1 aromatic rings. The Morgan fingerprint density at radius 3 is 2.58 bits per heavy atom. The highest BCUT2D eigenvalue weighted by atomic mass is 19.4. The van der Waals surface area contributed by atoms with E-state index in [1.165, 1.54) is 24.0 Å². The van der Waals surface area contributed by atoms with E-state index in [1.54, 1.807) is 4.90 Å². The molecule has 26 heavy (non-hydrogen) atoms. The number of halogens is 3. The van der Waals surface area contributed by atoms with Gasteiger partial charge in [-0.15, -0.1) is 0 Å². The van der Waals surface area contributed by atoms with Crippen LogP contribution < -0.4 is 0 Å². The van der Waals surface area contributed by atoms with Gasteiger partial charge in [0.2, 0.25) is 5.91 Å². The number of amides is 2. The Bertz CT molecular complexity index is 722. The third-order valence-corrected chi connectivity index (χ3v) is 5.62. The van der Waals surface area contributed by atoms with Crippen LogP contribution in [0.2, 0.25) is 0 Å². The molecule has 1 N–H and O–H groups in total. The van der Waals surface area contributed by atoms with Crippen molar-refractivity contribution in [3.8, 4) is 0 Å². The minimum atomic E-state index is -4.51. The minimum Gasteiger partial charge on any atom is -0.396 e. The van der Waals surface area contributed by atoms with Gasteiger partial charge in [0.15, 0.2) is 0 Å². The van der Waals surface area contributed by atoms with Crippen LogP contribution in [0.4, 0.5) is 13.2 Å². The first kappa shape index (κ1) is 18.7. The van der Waals surface area contributed by atoms with E-state index >= 15 is 0 Å². The lowest BCUT2D eigenvalue weighted by Gasteiger charge is -2.41. The van der Waals surface area contributed by atoms with Crippen LogP contribution in [0.15, 0.2) is 24.3 Å². The molecule has 5 nitrogen and oxygen atoms in total. The summed E-state index contributed by atoms with van der Waals surface area (Å²) in [5.74, 6) is -0.619. The number of alkyl halides is 3. The maximum absolute atomic E-state index is 12.9. The number of aliphatic hydroxyl groups is 1. The van der Waals surface area contributed by atoms with Gasteiger partial charge in [0.05, 0.1) is 12.2 Å². The molecule has 8 heteroatoms. The van der Waals surface area contributed by atoms with Gasteiger partial charge in [-0.2, -0.15) is 13.2 Å². The fourth-order valence-corrected chi connectivity index (χ4v) is 3.99. The highest BCUT2D eigenvalue weighted by Crippen LogP contribution is 2.43. The number of piperidine rings is 1. The van der Waals surface area contributed by atoms with Gasteiger partial charge >= 0.3 is 6.18 Å². The number of carbonyl (C=O) groups excluding carboxylic acids is 2. The number of aliphatic hydroxyl groups excluding tert-OH is 1. The summed E-state index contributed by atoms with van der Waals surface area (Å²) >= 11 is 0. The molecule has 2 aliphatic rings. The number of rotatable bonds is 2. The van der Waals surface area contributed by atoms with E-state index in [0.29, 0.717) is 26.1 Å². The van der Waals surface area contributed by atoms with Crippen molar-refractivity contribution in [3.63, 3.8) is 0 Å². The molecule has 0 bridgehead atoms. The Morgan fingerprint density at radius 2 is 1.96 bits per heavy atom. The average molecular weight is 370 g/mol. The van der Waals surface area contributed by atoms with Crippen molar-refractivity contribution in [2.45, 2.75) is 19.5 Å². The molecule has 0 aromatic heterocycles. The summed E-state index contributed by atoms with van der Waals surface area (Å²) in [6, 6.07) is 4.38. The average Bonchev–Trinajstić information content (AvgIpc) is 2.99. The SMILES string of the molecule is CC(=O)N1CC[C@]2(CO)CN(C(=O)c3cccc(C(F)(F)F)c3)C[C@@H]2C1. The van der Waals surface area contributed by atoms with Crippen molar-refractivity contribution < 1.29 is 27.9 Å². The Labute approximate surface area is 149 Å². The lowest BCUT2D eigenvalue weighted by molar-refractivity contribution is -0.137. The van der Waals surface area contributed by atoms with Gasteiger partial charge in [-0.1, -0.05) is 6.07 Å². The van der Waals surface area contributed by atoms with Crippen LogP contribution in [-0.2, 0) is 11.0 Å². The maximum Gasteiger partial charge on any atom is 0.416 e. The number of carbonyl (C=O) groups is 2. The number of benzene rings is 1. The first-order chi connectivity index (χ1) is 12.2. The molecule has 3 rings (SSSR count). The molecule has 2 saturated heterocycles. The van der Waals surface area contributed by atoms with Crippen molar-refractivity contribution in [2.24, 2.45) is 11.3 Å². The molecule has 0 aliphatic carbocycles. The van der Waals surface area contributed by atoms with Crippen molar-refractivity contribution in [1.82, 2.24) is 9.80 Å². The van der Waals surface area contributed by atoms with Crippen LogP contribution in [0.3, 0.4) is 0 Å². The number of nitrogens with zero attached hydrogens (tertiary/aromatic N) is 2. The van der Waals surface area contributed by atoms with E-state index in [-0.39, 0.29) is 30.5 Å². The highest BCUT2D eigenvalue weighted by Gasteiger charge is 2.50. The predicted molar refractivity (Wildman–Crippen MR) is 87.2 cm³/mol. The summed E-state index contributed by atoms with van der Waals surface area (Å²) in [4.78, 5) is 27.6. The Morgan fingerprint density at radius 1 is 1.27 bits per heavy atom. The molecular weight excluding hydrogens is 349 g/mol. The van der Waals surface area contributed by atoms with E-state index in [1.807, 2.05) is 0 Å². The number of fused-ring (bicyclic) bond motifs is 1. The van der Waals surface area contributed by atoms with Gasteiger partial charge in [-0.3, -0.25) is 9.59 Å². The fourth-order valence-electron chi connectivity index (χ4n) is 3.99. The lowest BCUT2D eigenvalue weighted by Crippen LogP contribution is -2.50. The first-order valence-corrected chi connectivity index (χ1v) is 8.49. The smallest absolute Gasteiger partial charge is 0.396 e. The van der Waals surface area contributed by atoms with Crippen molar-refractivity contribution in [1.29, 1.82) is 0 Å². The molecular formula is C18H21F3N2O3. The molecule has 0 unspecified atom stereocenters. The molecule has 2 heterocycles. The number of hydrogen-bond donors (Lipinski definition) is 1. The predicted octanol–water partition coefficient (Wildman–Crippen LogP) is 2.01. The van der Waals surface area contributed by atoms with E-state index < -0.39 is 23.1 Å². The molecule has 2 amide bonds. The van der Waals surface area contributed by atoms with Gasteiger partial charge in [0.1, 0.15) is 0 Å².